The van der Waals surface area contributed by atoms with Gasteiger partial charge in [0.15, 0.2) is 5.82 Å². The summed E-state index contributed by atoms with van der Waals surface area (Å²) >= 11 is 0. The SMILES string of the molecule is OC(c1ccccc1)(c1ccccc1)C1CCN(Cc2nc(Cc3ccccc3)no2)CC1. The molecule has 5 rings (SSSR count). The maximum atomic E-state index is 12.0. The first-order valence-electron chi connectivity index (χ1n) is 11.6. The average molecular weight is 440 g/mol. The molecule has 1 aliphatic rings. The summed E-state index contributed by atoms with van der Waals surface area (Å²) in [6, 6.07) is 30.3. The number of aromatic nitrogens is 2. The molecule has 5 nitrogen and oxygen atoms in total. The van der Waals surface area contributed by atoms with Crippen molar-refractivity contribution in [2.75, 3.05) is 13.1 Å². The van der Waals surface area contributed by atoms with Gasteiger partial charge in [-0.05, 0) is 48.5 Å². The summed E-state index contributed by atoms with van der Waals surface area (Å²) in [6.07, 6.45) is 2.46. The lowest BCUT2D eigenvalue weighted by molar-refractivity contribution is -0.0163. The van der Waals surface area contributed by atoms with Crippen molar-refractivity contribution in [1.82, 2.24) is 15.0 Å². The first-order valence-corrected chi connectivity index (χ1v) is 11.6. The predicted molar refractivity (Wildman–Crippen MR) is 127 cm³/mol. The maximum Gasteiger partial charge on any atom is 0.240 e. The van der Waals surface area contributed by atoms with Crippen LogP contribution >= 0.6 is 0 Å². The third-order valence-corrected chi connectivity index (χ3v) is 6.68. The molecule has 1 fully saturated rings. The second-order valence-electron chi connectivity index (χ2n) is 8.82. The fourth-order valence-corrected chi connectivity index (χ4v) is 4.93. The molecule has 168 valence electrons. The van der Waals surface area contributed by atoms with Crippen LogP contribution in [-0.2, 0) is 18.6 Å². The number of aliphatic hydroxyl groups is 1. The minimum absolute atomic E-state index is 0.134. The van der Waals surface area contributed by atoms with Crippen LogP contribution in [0, 0.1) is 5.92 Å². The van der Waals surface area contributed by atoms with Gasteiger partial charge < -0.3 is 9.63 Å². The van der Waals surface area contributed by atoms with E-state index in [1.807, 2.05) is 78.9 Å². The Morgan fingerprint density at radius 1 is 0.818 bits per heavy atom. The fraction of sp³-hybridized carbons (Fsp3) is 0.286. The van der Waals surface area contributed by atoms with E-state index in [4.69, 9.17) is 4.52 Å². The molecule has 0 aliphatic carbocycles. The Bertz CT molecular complexity index is 1100. The summed E-state index contributed by atoms with van der Waals surface area (Å²) in [7, 11) is 0. The van der Waals surface area contributed by atoms with E-state index >= 15 is 0 Å². The monoisotopic (exact) mass is 439 g/mol. The Hall–Kier alpha value is -3.28. The van der Waals surface area contributed by atoms with E-state index in [-0.39, 0.29) is 5.92 Å². The van der Waals surface area contributed by atoms with Crippen LogP contribution in [-0.4, -0.2) is 33.2 Å². The number of benzene rings is 3. The zero-order valence-electron chi connectivity index (χ0n) is 18.7. The first-order chi connectivity index (χ1) is 16.2. The highest BCUT2D eigenvalue weighted by Crippen LogP contribution is 2.42. The minimum Gasteiger partial charge on any atom is -0.380 e. The van der Waals surface area contributed by atoms with Gasteiger partial charge in [0.25, 0.3) is 0 Å². The molecule has 4 aromatic rings. The molecule has 0 unspecified atom stereocenters. The highest BCUT2D eigenvalue weighted by atomic mass is 16.5. The highest BCUT2D eigenvalue weighted by Gasteiger charge is 2.41. The number of rotatable bonds is 7. The molecular weight excluding hydrogens is 410 g/mol. The van der Waals surface area contributed by atoms with Crippen LogP contribution in [0.3, 0.4) is 0 Å². The van der Waals surface area contributed by atoms with Crippen LogP contribution in [0.4, 0.5) is 0 Å². The molecular formula is C28H29N3O2. The zero-order valence-corrected chi connectivity index (χ0v) is 18.7. The summed E-state index contributed by atoms with van der Waals surface area (Å²) in [5, 5.41) is 16.2. The van der Waals surface area contributed by atoms with Crippen molar-refractivity contribution in [3.05, 3.63) is 119 Å². The predicted octanol–water partition coefficient (Wildman–Crippen LogP) is 4.81. The molecule has 33 heavy (non-hydrogen) atoms. The Morgan fingerprint density at radius 2 is 1.36 bits per heavy atom. The van der Waals surface area contributed by atoms with Gasteiger partial charge in [0.2, 0.25) is 5.89 Å². The van der Waals surface area contributed by atoms with Gasteiger partial charge in [0.1, 0.15) is 5.60 Å². The number of likely N-dealkylation sites (tertiary alicyclic amines) is 1. The van der Waals surface area contributed by atoms with E-state index in [9.17, 15) is 5.11 Å². The lowest BCUT2D eigenvalue weighted by atomic mass is 9.72. The summed E-state index contributed by atoms with van der Waals surface area (Å²) in [5.41, 5.74) is 2.09. The van der Waals surface area contributed by atoms with Crippen molar-refractivity contribution in [1.29, 1.82) is 0 Å². The van der Waals surface area contributed by atoms with Crippen LogP contribution in [0.1, 0.15) is 41.2 Å². The number of hydrogen-bond acceptors (Lipinski definition) is 5. The third-order valence-electron chi connectivity index (χ3n) is 6.68. The van der Waals surface area contributed by atoms with Crippen molar-refractivity contribution in [3.63, 3.8) is 0 Å². The van der Waals surface area contributed by atoms with Crippen molar-refractivity contribution >= 4 is 0 Å². The summed E-state index contributed by atoms with van der Waals surface area (Å²) in [5.74, 6) is 1.50. The molecule has 1 aromatic heterocycles. The minimum atomic E-state index is -0.998. The summed E-state index contributed by atoms with van der Waals surface area (Å²) in [6.45, 7) is 2.40. The van der Waals surface area contributed by atoms with E-state index in [0.29, 0.717) is 24.7 Å². The second kappa shape index (κ2) is 9.69. The molecule has 0 bridgehead atoms. The standard InChI is InChI=1S/C28H29N3O2/c32-28(23-12-6-2-7-13-23,24-14-8-3-9-15-24)25-16-18-31(19-17-25)21-27-29-26(30-33-27)20-22-10-4-1-5-11-22/h1-15,25,32H,16-21H2. The zero-order chi connectivity index (χ0) is 22.5. The van der Waals surface area contributed by atoms with Gasteiger partial charge in [0, 0.05) is 6.42 Å². The van der Waals surface area contributed by atoms with E-state index in [1.54, 1.807) is 0 Å². The Balaban J connectivity index is 1.25. The lowest BCUT2D eigenvalue weighted by Crippen LogP contribution is -2.44. The van der Waals surface area contributed by atoms with Crippen molar-refractivity contribution < 1.29 is 9.63 Å². The van der Waals surface area contributed by atoms with Crippen LogP contribution < -0.4 is 0 Å². The van der Waals surface area contributed by atoms with Crippen LogP contribution in [0.15, 0.2) is 95.5 Å². The number of hydrogen-bond donors (Lipinski definition) is 1. The molecule has 5 heteroatoms. The Morgan fingerprint density at radius 3 is 1.94 bits per heavy atom. The van der Waals surface area contributed by atoms with Gasteiger partial charge in [-0.1, -0.05) is 96.2 Å². The topological polar surface area (TPSA) is 62.4 Å². The molecule has 1 N–H and O–H groups in total. The summed E-state index contributed by atoms with van der Waals surface area (Å²) < 4.78 is 5.52. The quantitative estimate of drug-likeness (QED) is 0.448. The molecule has 0 spiro atoms. The van der Waals surface area contributed by atoms with Crippen LogP contribution in [0.25, 0.3) is 0 Å². The number of piperidine rings is 1. The second-order valence-corrected chi connectivity index (χ2v) is 8.82. The van der Waals surface area contributed by atoms with Crippen molar-refractivity contribution in [2.45, 2.75) is 31.4 Å². The molecule has 0 atom stereocenters. The molecule has 3 aromatic carbocycles. The maximum absolute atomic E-state index is 12.0. The van der Waals surface area contributed by atoms with Crippen LogP contribution in [0.2, 0.25) is 0 Å². The molecule has 0 radical (unpaired) electrons. The largest absolute Gasteiger partial charge is 0.380 e. The summed E-state index contributed by atoms with van der Waals surface area (Å²) in [4.78, 5) is 6.93. The molecule has 0 amide bonds. The third kappa shape index (κ3) is 4.75. The van der Waals surface area contributed by atoms with Gasteiger partial charge in [-0.15, -0.1) is 0 Å². The van der Waals surface area contributed by atoms with E-state index in [2.05, 4.69) is 27.2 Å². The first kappa shape index (κ1) is 21.6. The molecule has 2 heterocycles. The smallest absolute Gasteiger partial charge is 0.240 e. The molecule has 0 saturated carbocycles. The van der Waals surface area contributed by atoms with Crippen molar-refractivity contribution in [2.24, 2.45) is 5.92 Å². The van der Waals surface area contributed by atoms with Crippen molar-refractivity contribution in [3.8, 4) is 0 Å². The van der Waals surface area contributed by atoms with Gasteiger partial charge in [-0.2, -0.15) is 4.98 Å². The van der Waals surface area contributed by atoms with Gasteiger partial charge in [0.05, 0.1) is 6.54 Å². The normalized spacial score (nSPS) is 15.5. The highest BCUT2D eigenvalue weighted by molar-refractivity contribution is 5.37. The van der Waals surface area contributed by atoms with E-state index in [0.717, 1.165) is 37.1 Å². The van der Waals surface area contributed by atoms with Gasteiger partial charge >= 0.3 is 0 Å². The average Bonchev–Trinajstić information content (AvgIpc) is 3.32. The van der Waals surface area contributed by atoms with E-state index < -0.39 is 5.60 Å². The Kier molecular flexibility index (Phi) is 6.33. The number of nitrogens with zero attached hydrogens (tertiary/aromatic N) is 3. The van der Waals surface area contributed by atoms with Gasteiger partial charge in [-0.25, -0.2) is 0 Å². The lowest BCUT2D eigenvalue weighted by Gasteiger charge is -2.42. The fourth-order valence-electron chi connectivity index (χ4n) is 4.93. The van der Waals surface area contributed by atoms with Gasteiger partial charge in [-0.3, -0.25) is 4.90 Å². The van der Waals surface area contributed by atoms with Crippen LogP contribution in [0.5, 0.6) is 0 Å². The Labute approximate surface area is 194 Å². The van der Waals surface area contributed by atoms with E-state index in [1.165, 1.54) is 5.56 Å². The molecule has 1 aliphatic heterocycles. The molecule has 1 saturated heterocycles.